The zero-order chi connectivity index (χ0) is 14.6. The quantitative estimate of drug-likeness (QED) is 0.651. The third-order valence-electron chi connectivity index (χ3n) is 4.94. The number of hydrogen-bond donors (Lipinski definition) is 0. The largest absolute Gasteiger partial charge is 0.506 e. The van der Waals surface area contributed by atoms with Crippen molar-refractivity contribution in [1.29, 1.82) is 0 Å². The van der Waals surface area contributed by atoms with Crippen molar-refractivity contribution < 1.29 is 12.9 Å². The molecule has 0 aromatic heterocycles. The minimum atomic E-state index is -4.90. The minimum absolute atomic E-state index is 0.0405. The lowest BCUT2D eigenvalue weighted by Crippen LogP contribution is -2.47. The first-order valence-electron chi connectivity index (χ1n) is 8.12. The van der Waals surface area contributed by atoms with Gasteiger partial charge in [-0.15, -0.1) is 12.1 Å². The Morgan fingerprint density at radius 1 is 0.850 bits per heavy atom. The Labute approximate surface area is 120 Å². The van der Waals surface area contributed by atoms with Crippen LogP contribution in [0.3, 0.4) is 0 Å². The highest BCUT2D eigenvalue weighted by molar-refractivity contribution is 6.66. The van der Waals surface area contributed by atoms with Gasteiger partial charge in [-0.3, -0.25) is 4.90 Å². The van der Waals surface area contributed by atoms with Crippen molar-refractivity contribution in [2.75, 3.05) is 6.54 Å². The first kappa shape index (κ1) is 15.9. The highest BCUT2D eigenvalue weighted by Gasteiger charge is 2.33. The number of nitrogens with zero attached hydrogens (tertiary/aromatic N) is 1. The molecule has 20 heavy (non-hydrogen) atoms. The molecule has 0 N–H and O–H groups in total. The number of halogens is 3. The van der Waals surface area contributed by atoms with Gasteiger partial charge in [0, 0.05) is 12.1 Å². The standard InChI is InChI=1S/C15H26BF3N/c1-13(16(17,18)19)12-20(14-8-4-2-5-9-14)15-10-6-3-7-11-15/h14-15H,1-12H2/q-1. The van der Waals surface area contributed by atoms with Crippen molar-refractivity contribution in [3.8, 4) is 0 Å². The summed E-state index contributed by atoms with van der Waals surface area (Å²) in [6.45, 7) is -1.54. The molecule has 0 heterocycles. The molecule has 0 spiro atoms. The molecule has 1 nitrogen and oxygen atoms in total. The molecule has 0 saturated heterocycles. The van der Waals surface area contributed by atoms with E-state index in [1.165, 1.54) is 12.8 Å². The molecule has 2 aliphatic carbocycles. The van der Waals surface area contributed by atoms with Crippen LogP contribution >= 0.6 is 0 Å². The maximum atomic E-state index is 12.9. The van der Waals surface area contributed by atoms with Gasteiger partial charge >= 0.3 is 6.98 Å². The highest BCUT2D eigenvalue weighted by Crippen LogP contribution is 2.32. The average Bonchev–Trinajstić information content (AvgIpc) is 2.45. The maximum absolute atomic E-state index is 12.9. The molecular weight excluding hydrogens is 262 g/mol. The van der Waals surface area contributed by atoms with E-state index < -0.39 is 12.4 Å². The Balaban J connectivity index is 2.04. The molecule has 5 heteroatoms. The average molecular weight is 288 g/mol. The van der Waals surface area contributed by atoms with Crippen LogP contribution in [0.1, 0.15) is 64.2 Å². The summed E-state index contributed by atoms with van der Waals surface area (Å²) in [6.07, 6.45) is 11.4. The molecule has 2 saturated carbocycles. The summed E-state index contributed by atoms with van der Waals surface area (Å²) in [4.78, 5) is 2.16. The molecule has 2 fully saturated rings. The smallest absolute Gasteiger partial charge is 0.445 e. The van der Waals surface area contributed by atoms with Crippen LogP contribution in [0.15, 0.2) is 12.1 Å². The molecule has 0 aromatic rings. The predicted molar refractivity (Wildman–Crippen MR) is 78.7 cm³/mol. The van der Waals surface area contributed by atoms with Gasteiger partial charge in [0.1, 0.15) is 0 Å². The molecule has 0 aliphatic heterocycles. The van der Waals surface area contributed by atoms with Gasteiger partial charge in [-0.2, -0.15) is 0 Å². The molecule has 116 valence electrons. The van der Waals surface area contributed by atoms with E-state index in [0.29, 0.717) is 12.1 Å². The van der Waals surface area contributed by atoms with Crippen molar-refractivity contribution in [3.05, 3.63) is 12.1 Å². The topological polar surface area (TPSA) is 3.24 Å². The summed E-state index contributed by atoms with van der Waals surface area (Å²) < 4.78 is 38.6. The van der Waals surface area contributed by atoms with Gasteiger partial charge in [-0.25, -0.2) is 0 Å². The van der Waals surface area contributed by atoms with Crippen molar-refractivity contribution in [2.45, 2.75) is 76.3 Å². The zero-order valence-electron chi connectivity index (χ0n) is 12.3. The zero-order valence-corrected chi connectivity index (χ0v) is 12.3. The maximum Gasteiger partial charge on any atom is 0.506 e. The number of rotatable bonds is 5. The summed E-state index contributed by atoms with van der Waals surface area (Å²) in [6, 6.07) is 0.698. The van der Waals surface area contributed by atoms with E-state index in [2.05, 4.69) is 11.5 Å². The molecule has 0 amide bonds. The number of hydrogen-bond acceptors (Lipinski definition) is 1. The summed E-state index contributed by atoms with van der Waals surface area (Å²) in [5, 5.41) is 0. The van der Waals surface area contributed by atoms with Gasteiger partial charge in [-0.05, 0) is 32.2 Å². The second-order valence-electron chi connectivity index (χ2n) is 6.49. The Kier molecular flexibility index (Phi) is 5.59. The Bertz CT molecular complexity index is 300. The van der Waals surface area contributed by atoms with Crippen LogP contribution in [-0.2, 0) is 0 Å². The summed E-state index contributed by atoms with van der Waals surface area (Å²) in [7, 11) is 0. The highest BCUT2D eigenvalue weighted by atomic mass is 19.4. The van der Waals surface area contributed by atoms with Gasteiger partial charge in [0.05, 0.1) is 0 Å². The van der Waals surface area contributed by atoms with E-state index in [1.807, 2.05) is 0 Å². The molecule has 2 aliphatic rings. The van der Waals surface area contributed by atoms with E-state index in [4.69, 9.17) is 0 Å². The summed E-state index contributed by atoms with van der Waals surface area (Å²) in [5.74, 6) is 0. The monoisotopic (exact) mass is 288 g/mol. The second kappa shape index (κ2) is 7.01. The van der Waals surface area contributed by atoms with Gasteiger partial charge in [0.25, 0.3) is 0 Å². The van der Waals surface area contributed by atoms with Gasteiger partial charge < -0.3 is 12.9 Å². The van der Waals surface area contributed by atoms with E-state index in [0.717, 1.165) is 51.4 Å². The molecule has 0 atom stereocenters. The van der Waals surface area contributed by atoms with Crippen molar-refractivity contribution in [3.63, 3.8) is 0 Å². The predicted octanol–water partition coefficient (Wildman–Crippen LogP) is 4.90. The lowest BCUT2D eigenvalue weighted by Gasteiger charge is -2.43. The third-order valence-corrected chi connectivity index (χ3v) is 4.94. The van der Waals surface area contributed by atoms with E-state index in [1.54, 1.807) is 0 Å². The third kappa shape index (κ3) is 4.27. The Morgan fingerprint density at radius 3 is 1.60 bits per heavy atom. The summed E-state index contributed by atoms with van der Waals surface area (Å²) >= 11 is 0. The van der Waals surface area contributed by atoms with Crippen LogP contribution in [0, 0.1) is 0 Å². The van der Waals surface area contributed by atoms with Crippen LogP contribution in [0.2, 0.25) is 0 Å². The van der Waals surface area contributed by atoms with Crippen LogP contribution in [-0.4, -0.2) is 30.5 Å². The molecule has 0 bridgehead atoms. The summed E-state index contributed by atoms with van der Waals surface area (Å²) in [5.41, 5.74) is -0.513. The van der Waals surface area contributed by atoms with Crippen molar-refractivity contribution >= 4 is 6.98 Å². The van der Waals surface area contributed by atoms with Gasteiger partial charge in [0.15, 0.2) is 0 Å². The Hall–Kier alpha value is -0.445. The van der Waals surface area contributed by atoms with Crippen LogP contribution in [0.25, 0.3) is 0 Å². The molecule has 2 rings (SSSR count). The van der Waals surface area contributed by atoms with Gasteiger partial charge in [0.2, 0.25) is 0 Å². The Morgan fingerprint density at radius 2 is 1.25 bits per heavy atom. The fourth-order valence-corrected chi connectivity index (χ4v) is 3.72. The fraction of sp³-hybridized carbons (Fsp3) is 0.867. The van der Waals surface area contributed by atoms with Gasteiger partial charge in [-0.1, -0.05) is 38.5 Å². The fourth-order valence-electron chi connectivity index (χ4n) is 3.72. The van der Waals surface area contributed by atoms with E-state index in [9.17, 15) is 12.9 Å². The minimum Gasteiger partial charge on any atom is -0.445 e. The first-order valence-corrected chi connectivity index (χ1v) is 8.12. The molecular formula is C15H26BF3N-. The second-order valence-corrected chi connectivity index (χ2v) is 6.49. The first-order chi connectivity index (χ1) is 9.48. The van der Waals surface area contributed by atoms with Crippen LogP contribution in [0.4, 0.5) is 12.9 Å². The van der Waals surface area contributed by atoms with Crippen LogP contribution < -0.4 is 0 Å². The van der Waals surface area contributed by atoms with Crippen molar-refractivity contribution in [2.24, 2.45) is 0 Å². The van der Waals surface area contributed by atoms with Crippen LogP contribution in [0.5, 0.6) is 0 Å². The SMILES string of the molecule is C=C(CN(C1CCCCC1)C1CCCCC1)[B-](F)(F)F. The van der Waals surface area contributed by atoms with E-state index in [-0.39, 0.29) is 6.54 Å². The van der Waals surface area contributed by atoms with Crippen molar-refractivity contribution in [1.82, 2.24) is 4.90 Å². The molecule has 0 aromatic carbocycles. The van der Waals surface area contributed by atoms with E-state index >= 15 is 0 Å². The molecule has 0 radical (unpaired) electrons. The molecule has 0 unspecified atom stereocenters. The normalized spacial score (nSPS) is 23.2. The lowest BCUT2D eigenvalue weighted by molar-refractivity contribution is 0.0916. The lowest BCUT2D eigenvalue weighted by atomic mass is 9.78.